The van der Waals surface area contributed by atoms with Crippen LogP contribution in [0.1, 0.15) is 37.0 Å². The van der Waals surface area contributed by atoms with Crippen LogP contribution in [0, 0.1) is 5.41 Å². The van der Waals surface area contributed by atoms with E-state index in [4.69, 9.17) is 0 Å². The average molecular weight is 286 g/mol. The third kappa shape index (κ3) is 3.53. The molecule has 0 bridgehead atoms. The zero-order valence-corrected chi connectivity index (χ0v) is 13.2. The molecule has 0 atom stereocenters. The van der Waals surface area contributed by atoms with Crippen LogP contribution in [0.5, 0.6) is 0 Å². The Bertz CT molecular complexity index is 485. The Morgan fingerprint density at radius 3 is 2.29 bits per heavy atom. The van der Waals surface area contributed by atoms with Gasteiger partial charge in [0.1, 0.15) is 0 Å². The molecule has 3 nitrogen and oxygen atoms in total. The van der Waals surface area contributed by atoms with E-state index in [0.29, 0.717) is 0 Å². The van der Waals surface area contributed by atoms with Gasteiger partial charge in [0.25, 0.3) is 0 Å². The lowest BCUT2D eigenvalue weighted by Gasteiger charge is -2.38. The lowest BCUT2D eigenvalue weighted by molar-refractivity contribution is 0.0658. The Morgan fingerprint density at radius 1 is 1.10 bits per heavy atom. The molecule has 0 amide bonds. The Hall–Kier alpha value is -1.19. The van der Waals surface area contributed by atoms with Gasteiger partial charge in [0, 0.05) is 49.7 Å². The summed E-state index contributed by atoms with van der Waals surface area (Å²) < 4.78 is 0. The predicted octanol–water partition coefficient (Wildman–Crippen LogP) is 2.68. The summed E-state index contributed by atoms with van der Waals surface area (Å²) in [5.41, 5.74) is 0.516. The molecule has 21 heavy (non-hydrogen) atoms. The smallest absolute Gasteiger partial charge is 0.169 e. The minimum Gasteiger partial charge on any atom is -0.300 e. The molecule has 0 aromatic heterocycles. The van der Waals surface area contributed by atoms with Crippen molar-refractivity contribution >= 4 is 5.78 Å². The van der Waals surface area contributed by atoms with Crippen LogP contribution in [-0.2, 0) is 0 Å². The largest absolute Gasteiger partial charge is 0.300 e. The van der Waals surface area contributed by atoms with Crippen LogP contribution in [0.2, 0.25) is 0 Å². The maximum atomic E-state index is 12.7. The molecule has 3 heteroatoms. The van der Waals surface area contributed by atoms with E-state index in [1.807, 2.05) is 30.3 Å². The molecular formula is C18H26N2O. The van der Waals surface area contributed by atoms with Crippen LogP contribution in [-0.4, -0.2) is 54.3 Å². The van der Waals surface area contributed by atoms with Gasteiger partial charge in [-0.1, -0.05) is 44.2 Å². The summed E-state index contributed by atoms with van der Waals surface area (Å²) in [5.74, 6) is 0.257. The van der Waals surface area contributed by atoms with Crippen molar-refractivity contribution in [2.24, 2.45) is 5.41 Å². The van der Waals surface area contributed by atoms with Crippen molar-refractivity contribution in [1.82, 2.24) is 9.80 Å². The minimum atomic E-state index is -0.316. The number of benzene rings is 1. The predicted molar refractivity (Wildman–Crippen MR) is 85.6 cm³/mol. The van der Waals surface area contributed by atoms with Crippen LogP contribution in [0.3, 0.4) is 0 Å². The highest BCUT2D eigenvalue weighted by Crippen LogP contribution is 2.29. The molecule has 0 N–H and O–H groups in total. The van der Waals surface area contributed by atoms with E-state index in [-0.39, 0.29) is 11.2 Å². The van der Waals surface area contributed by atoms with Crippen molar-refractivity contribution < 1.29 is 4.79 Å². The fourth-order valence-corrected chi connectivity index (χ4v) is 3.34. The summed E-state index contributed by atoms with van der Waals surface area (Å²) in [6.07, 6.45) is 2.77. The molecule has 1 aliphatic carbocycles. The van der Waals surface area contributed by atoms with Gasteiger partial charge in [-0.15, -0.1) is 0 Å². The molecule has 1 heterocycles. The molecule has 0 spiro atoms. The van der Waals surface area contributed by atoms with E-state index >= 15 is 0 Å². The molecule has 1 aromatic rings. The van der Waals surface area contributed by atoms with E-state index in [1.165, 1.54) is 25.9 Å². The second kappa shape index (κ2) is 5.90. The van der Waals surface area contributed by atoms with Crippen molar-refractivity contribution in [2.45, 2.75) is 32.7 Å². The minimum absolute atomic E-state index is 0.257. The first-order valence-corrected chi connectivity index (χ1v) is 8.12. The molecule has 3 rings (SSSR count). The molecule has 1 saturated heterocycles. The number of carbonyl (C=O) groups excluding carboxylic acids is 1. The quantitative estimate of drug-likeness (QED) is 0.778. The SMILES string of the molecule is CC(C)(CN1CCN(C2CC2)CC1)C(=O)c1ccccc1. The summed E-state index contributed by atoms with van der Waals surface area (Å²) in [6, 6.07) is 10.6. The molecule has 0 radical (unpaired) electrons. The number of carbonyl (C=O) groups is 1. The van der Waals surface area contributed by atoms with Gasteiger partial charge in [-0.3, -0.25) is 14.6 Å². The summed E-state index contributed by atoms with van der Waals surface area (Å²) in [5, 5.41) is 0. The number of Topliss-reactive ketones (excluding diaryl/α,β-unsaturated/α-hetero) is 1. The van der Waals surface area contributed by atoms with E-state index in [1.54, 1.807) is 0 Å². The van der Waals surface area contributed by atoms with Gasteiger partial charge in [-0.2, -0.15) is 0 Å². The fourth-order valence-electron chi connectivity index (χ4n) is 3.34. The first kappa shape index (κ1) is 14.7. The summed E-state index contributed by atoms with van der Waals surface area (Å²) in [6.45, 7) is 9.55. The Labute approximate surface area is 127 Å². The summed E-state index contributed by atoms with van der Waals surface area (Å²) >= 11 is 0. The Morgan fingerprint density at radius 2 is 1.71 bits per heavy atom. The molecule has 0 unspecified atom stereocenters. The first-order chi connectivity index (χ1) is 10.1. The van der Waals surface area contributed by atoms with Crippen LogP contribution < -0.4 is 0 Å². The highest BCUT2D eigenvalue weighted by Gasteiger charge is 2.35. The molecule has 2 aliphatic rings. The molecule has 2 fully saturated rings. The number of ketones is 1. The Balaban J connectivity index is 1.57. The number of piperazine rings is 1. The summed E-state index contributed by atoms with van der Waals surface area (Å²) in [4.78, 5) is 17.8. The average Bonchev–Trinajstić information content (AvgIpc) is 3.32. The molecular weight excluding hydrogens is 260 g/mol. The lowest BCUT2D eigenvalue weighted by Crippen LogP contribution is -2.50. The van der Waals surface area contributed by atoms with E-state index in [2.05, 4.69) is 23.6 Å². The monoisotopic (exact) mass is 286 g/mol. The van der Waals surface area contributed by atoms with Gasteiger partial charge in [0.2, 0.25) is 0 Å². The second-order valence-electron chi connectivity index (χ2n) is 7.12. The molecule has 114 valence electrons. The second-order valence-corrected chi connectivity index (χ2v) is 7.12. The van der Waals surface area contributed by atoms with Crippen molar-refractivity contribution in [3.05, 3.63) is 35.9 Å². The standard InChI is InChI=1S/C18H26N2O/c1-18(2,17(21)15-6-4-3-5-7-15)14-19-10-12-20(13-11-19)16-8-9-16/h3-7,16H,8-14H2,1-2H3. The third-order valence-electron chi connectivity index (χ3n) is 4.74. The molecule has 1 aliphatic heterocycles. The number of hydrogen-bond acceptors (Lipinski definition) is 3. The van der Waals surface area contributed by atoms with Crippen LogP contribution in [0.4, 0.5) is 0 Å². The van der Waals surface area contributed by atoms with E-state index < -0.39 is 0 Å². The van der Waals surface area contributed by atoms with Gasteiger partial charge >= 0.3 is 0 Å². The van der Waals surface area contributed by atoms with Crippen LogP contribution in [0.15, 0.2) is 30.3 Å². The zero-order chi connectivity index (χ0) is 14.9. The normalized spacial score (nSPS) is 21.4. The van der Waals surface area contributed by atoms with Gasteiger partial charge < -0.3 is 0 Å². The van der Waals surface area contributed by atoms with Gasteiger partial charge in [-0.25, -0.2) is 0 Å². The highest BCUT2D eigenvalue weighted by molar-refractivity contribution is 6.00. The van der Waals surface area contributed by atoms with E-state index in [0.717, 1.165) is 31.2 Å². The molecule has 1 aromatic carbocycles. The first-order valence-electron chi connectivity index (χ1n) is 8.12. The number of hydrogen-bond donors (Lipinski definition) is 0. The van der Waals surface area contributed by atoms with Crippen LogP contribution in [0.25, 0.3) is 0 Å². The maximum Gasteiger partial charge on any atom is 0.169 e. The summed E-state index contributed by atoms with van der Waals surface area (Å²) in [7, 11) is 0. The number of rotatable bonds is 5. The van der Waals surface area contributed by atoms with Gasteiger partial charge in [-0.05, 0) is 12.8 Å². The topological polar surface area (TPSA) is 23.6 Å². The Kier molecular flexibility index (Phi) is 4.14. The van der Waals surface area contributed by atoms with Crippen molar-refractivity contribution in [2.75, 3.05) is 32.7 Å². The van der Waals surface area contributed by atoms with E-state index in [9.17, 15) is 4.79 Å². The number of nitrogens with zero attached hydrogens (tertiary/aromatic N) is 2. The maximum absolute atomic E-state index is 12.7. The highest BCUT2D eigenvalue weighted by atomic mass is 16.1. The van der Waals surface area contributed by atoms with Gasteiger partial charge in [0.05, 0.1) is 0 Å². The zero-order valence-electron chi connectivity index (χ0n) is 13.2. The van der Waals surface area contributed by atoms with Crippen molar-refractivity contribution in [3.63, 3.8) is 0 Å². The van der Waals surface area contributed by atoms with Crippen molar-refractivity contribution in [1.29, 1.82) is 0 Å². The fraction of sp³-hybridized carbons (Fsp3) is 0.611. The van der Waals surface area contributed by atoms with Crippen molar-refractivity contribution in [3.8, 4) is 0 Å². The lowest BCUT2D eigenvalue weighted by atomic mass is 9.83. The van der Waals surface area contributed by atoms with Crippen LogP contribution >= 0.6 is 0 Å². The molecule has 1 saturated carbocycles. The van der Waals surface area contributed by atoms with Gasteiger partial charge in [0.15, 0.2) is 5.78 Å². The third-order valence-corrected chi connectivity index (χ3v) is 4.74.